The van der Waals surface area contributed by atoms with Crippen molar-refractivity contribution in [3.8, 4) is 0 Å². The van der Waals surface area contributed by atoms with Crippen molar-refractivity contribution in [3.63, 3.8) is 0 Å². The first-order valence-corrected chi connectivity index (χ1v) is 3.78. The van der Waals surface area contributed by atoms with Crippen LogP contribution in [0.1, 0.15) is 6.42 Å². The maximum Gasteiger partial charge on any atom is 0.0465 e. The van der Waals surface area contributed by atoms with Crippen LogP contribution in [0.25, 0.3) is 0 Å². The van der Waals surface area contributed by atoms with Gasteiger partial charge >= 0.3 is 0 Å². The molecule has 0 radical (unpaired) electrons. The molecule has 0 rings (SSSR count). The predicted octanol–water partition coefficient (Wildman–Crippen LogP) is 0.528. The van der Waals surface area contributed by atoms with Crippen LogP contribution in [0.3, 0.4) is 0 Å². The lowest BCUT2D eigenvalue weighted by Gasteiger charge is -2.09. The van der Waals surface area contributed by atoms with Crippen LogP contribution in [-0.4, -0.2) is 26.0 Å². The summed E-state index contributed by atoms with van der Waals surface area (Å²) >= 11 is 4.13. The summed E-state index contributed by atoms with van der Waals surface area (Å²) in [4.78, 5) is 0. The fourth-order valence-electron chi connectivity index (χ4n) is 0.568. The van der Waals surface area contributed by atoms with Crippen molar-refractivity contribution in [2.45, 2.75) is 6.42 Å². The molecule has 1 atom stereocenters. The standard InChI is InChI=1S/C6H15NOS/c1-8-3-2-6(4-7)5-9/h6,9H,2-5,7H2,1H3. The first-order valence-electron chi connectivity index (χ1n) is 3.15. The molecule has 0 saturated carbocycles. The van der Waals surface area contributed by atoms with E-state index in [1.807, 2.05) is 0 Å². The highest BCUT2D eigenvalue weighted by molar-refractivity contribution is 7.80. The van der Waals surface area contributed by atoms with Crippen LogP contribution >= 0.6 is 12.6 Å². The molecule has 56 valence electrons. The molecule has 2 N–H and O–H groups in total. The van der Waals surface area contributed by atoms with Crippen molar-refractivity contribution in [2.24, 2.45) is 11.7 Å². The highest BCUT2D eigenvalue weighted by atomic mass is 32.1. The topological polar surface area (TPSA) is 35.2 Å². The van der Waals surface area contributed by atoms with Crippen LogP contribution in [0.15, 0.2) is 0 Å². The monoisotopic (exact) mass is 149 g/mol. The van der Waals surface area contributed by atoms with Gasteiger partial charge in [0.25, 0.3) is 0 Å². The van der Waals surface area contributed by atoms with E-state index in [-0.39, 0.29) is 0 Å². The average molecular weight is 149 g/mol. The maximum atomic E-state index is 5.42. The Kier molecular flexibility index (Phi) is 6.58. The molecule has 3 heteroatoms. The molecule has 0 aliphatic rings. The fraction of sp³-hybridized carbons (Fsp3) is 1.00. The Morgan fingerprint density at radius 2 is 2.33 bits per heavy atom. The second-order valence-corrected chi connectivity index (χ2v) is 2.43. The van der Waals surface area contributed by atoms with E-state index < -0.39 is 0 Å². The van der Waals surface area contributed by atoms with Crippen LogP contribution < -0.4 is 5.73 Å². The summed E-state index contributed by atoms with van der Waals surface area (Å²) in [5.74, 6) is 1.38. The highest BCUT2D eigenvalue weighted by Gasteiger charge is 2.01. The van der Waals surface area contributed by atoms with Crippen molar-refractivity contribution in [3.05, 3.63) is 0 Å². The molecule has 0 spiro atoms. The van der Waals surface area contributed by atoms with E-state index in [0.29, 0.717) is 12.5 Å². The molecule has 0 aromatic carbocycles. The highest BCUT2D eigenvalue weighted by Crippen LogP contribution is 2.02. The summed E-state index contributed by atoms with van der Waals surface area (Å²) < 4.78 is 4.89. The molecule has 0 aliphatic heterocycles. The molecule has 0 bridgehead atoms. The lowest BCUT2D eigenvalue weighted by atomic mass is 10.1. The van der Waals surface area contributed by atoms with Crippen molar-refractivity contribution in [1.82, 2.24) is 0 Å². The Labute approximate surface area is 62.2 Å². The minimum atomic E-state index is 0.522. The van der Waals surface area contributed by atoms with Gasteiger partial charge in [0.1, 0.15) is 0 Å². The van der Waals surface area contributed by atoms with Crippen LogP contribution in [-0.2, 0) is 4.74 Å². The van der Waals surface area contributed by atoms with E-state index in [1.54, 1.807) is 7.11 Å². The van der Waals surface area contributed by atoms with E-state index >= 15 is 0 Å². The molecule has 0 fully saturated rings. The third-order valence-corrected chi connectivity index (χ3v) is 1.84. The van der Waals surface area contributed by atoms with Crippen LogP contribution in [0.5, 0.6) is 0 Å². The van der Waals surface area contributed by atoms with Crippen molar-refractivity contribution < 1.29 is 4.74 Å². The van der Waals surface area contributed by atoms with E-state index in [2.05, 4.69) is 12.6 Å². The Morgan fingerprint density at radius 1 is 1.67 bits per heavy atom. The Balaban J connectivity index is 3.09. The van der Waals surface area contributed by atoms with Gasteiger partial charge in [-0.1, -0.05) is 0 Å². The zero-order valence-electron chi connectivity index (χ0n) is 5.84. The maximum absolute atomic E-state index is 5.42. The Hall–Kier alpha value is 0.270. The van der Waals surface area contributed by atoms with Crippen molar-refractivity contribution in [1.29, 1.82) is 0 Å². The van der Waals surface area contributed by atoms with E-state index in [4.69, 9.17) is 10.5 Å². The van der Waals surface area contributed by atoms with Crippen LogP contribution in [0.2, 0.25) is 0 Å². The lowest BCUT2D eigenvalue weighted by Crippen LogP contribution is -2.17. The first kappa shape index (κ1) is 9.27. The summed E-state index contributed by atoms with van der Waals surface area (Å²) in [7, 11) is 1.70. The van der Waals surface area contributed by atoms with Gasteiger partial charge in [0.05, 0.1) is 0 Å². The number of hydrogen-bond acceptors (Lipinski definition) is 3. The van der Waals surface area contributed by atoms with E-state index in [1.165, 1.54) is 0 Å². The number of thiol groups is 1. The molecule has 0 aromatic rings. The quantitative estimate of drug-likeness (QED) is 0.559. The van der Waals surface area contributed by atoms with E-state index in [0.717, 1.165) is 18.8 Å². The zero-order chi connectivity index (χ0) is 7.11. The summed E-state index contributed by atoms with van der Waals surface area (Å²) in [6, 6.07) is 0. The predicted molar refractivity (Wildman–Crippen MR) is 42.9 cm³/mol. The SMILES string of the molecule is COCCC(CN)CS. The van der Waals surface area contributed by atoms with Gasteiger partial charge in [0.2, 0.25) is 0 Å². The fourth-order valence-corrected chi connectivity index (χ4v) is 0.900. The van der Waals surface area contributed by atoms with Crippen molar-refractivity contribution >= 4 is 12.6 Å². The largest absolute Gasteiger partial charge is 0.385 e. The summed E-state index contributed by atoms with van der Waals surface area (Å²) in [5, 5.41) is 0. The normalized spacial score (nSPS) is 13.7. The Bertz CT molecular complexity index is 57.0. The molecular formula is C6H15NOS. The number of ether oxygens (including phenoxy) is 1. The third kappa shape index (κ3) is 4.75. The average Bonchev–Trinajstić information content (AvgIpc) is 1.91. The van der Waals surface area contributed by atoms with Crippen LogP contribution in [0.4, 0.5) is 0 Å². The molecule has 2 nitrogen and oxygen atoms in total. The van der Waals surface area contributed by atoms with Gasteiger partial charge in [-0.2, -0.15) is 12.6 Å². The van der Waals surface area contributed by atoms with Gasteiger partial charge in [-0.15, -0.1) is 0 Å². The van der Waals surface area contributed by atoms with Crippen LogP contribution in [0, 0.1) is 5.92 Å². The number of rotatable bonds is 5. The number of nitrogens with two attached hydrogens (primary N) is 1. The minimum absolute atomic E-state index is 0.522. The second kappa shape index (κ2) is 6.39. The summed E-state index contributed by atoms with van der Waals surface area (Å²) in [5.41, 5.74) is 5.42. The smallest absolute Gasteiger partial charge is 0.0465 e. The van der Waals surface area contributed by atoms with Gasteiger partial charge in [0.15, 0.2) is 0 Å². The molecule has 0 amide bonds. The van der Waals surface area contributed by atoms with Crippen molar-refractivity contribution in [2.75, 3.05) is 26.0 Å². The third-order valence-electron chi connectivity index (χ3n) is 1.32. The second-order valence-electron chi connectivity index (χ2n) is 2.07. The van der Waals surface area contributed by atoms with Gasteiger partial charge in [-0.3, -0.25) is 0 Å². The Morgan fingerprint density at radius 3 is 2.67 bits per heavy atom. The molecule has 9 heavy (non-hydrogen) atoms. The molecule has 0 aromatic heterocycles. The summed E-state index contributed by atoms with van der Waals surface area (Å²) in [6.45, 7) is 1.51. The molecule has 0 aliphatic carbocycles. The molecular weight excluding hydrogens is 134 g/mol. The van der Waals surface area contributed by atoms with Gasteiger partial charge in [0, 0.05) is 13.7 Å². The van der Waals surface area contributed by atoms with E-state index in [9.17, 15) is 0 Å². The number of hydrogen-bond donors (Lipinski definition) is 2. The minimum Gasteiger partial charge on any atom is -0.385 e. The molecule has 0 saturated heterocycles. The zero-order valence-corrected chi connectivity index (χ0v) is 6.73. The first-order chi connectivity index (χ1) is 4.35. The van der Waals surface area contributed by atoms with Gasteiger partial charge in [-0.25, -0.2) is 0 Å². The molecule has 0 heterocycles. The molecule has 1 unspecified atom stereocenters. The van der Waals surface area contributed by atoms with Gasteiger partial charge in [-0.05, 0) is 24.6 Å². The summed E-state index contributed by atoms with van der Waals surface area (Å²) in [6.07, 6.45) is 1.02. The van der Waals surface area contributed by atoms with Gasteiger partial charge < -0.3 is 10.5 Å². The number of methoxy groups -OCH3 is 1. The lowest BCUT2D eigenvalue weighted by molar-refractivity contribution is 0.182.